The molecule has 0 bridgehead atoms. The highest BCUT2D eigenvalue weighted by Gasteiger charge is 2.40. The lowest BCUT2D eigenvalue weighted by molar-refractivity contribution is -0.697. The van der Waals surface area contributed by atoms with Crippen molar-refractivity contribution in [1.29, 1.82) is 0 Å². The van der Waals surface area contributed by atoms with Gasteiger partial charge in [-0.2, -0.15) is 0 Å². The highest BCUT2D eigenvalue weighted by atomic mass is 15.1. The van der Waals surface area contributed by atoms with Crippen LogP contribution in [-0.2, 0) is 18.4 Å². The first-order chi connectivity index (χ1) is 20.7. The Kier molecular flexibility index (Phi) is 16.7. The van der Waals surface area contributed by atoms with Crippen molar-refractivity contribution in [2.45, 2.75) is 161 Å². The van der Waals surface area contributed by atoms with Crippen LogP contribution in [0.25, 0.3) is 0 Å². The summed E-state index contributed by atoms with van der Waals surface area (Å²) in [6.45, 7) is 8.25. The minimum atomic E-state index is 0.0123. The molecule has 42 heavy (non-hydrogen) atoms. The molecule has 3 rings (SSSR count). The summed E-state index contributed by atoms with van der Waals surface area (Å²) in [7, 11) is 0. The summed E-state index contributed by atoms with van der Waals surface area (Å²) >= 11 is 0. The number of nitrogens with zero attached hydrogens (tertiary/aromatic N) is 2. The zero-order valence-corrected chi connectivity index (χ0v) is 27.6. The Morgan fingerprint density at radius 3 is 1.69 bits per heavy atom. The average Bonchev–Trinajstić information content (AvgIpc) is 3.48. The molecule has 0 amide bonds. The maximum absolute atomic E-state index is 2.57. The lowest BCUT2D eigenvalue weighted by atomic mass is 9.70. The first kappa shape index (κ1) is 34.1. The van der Waals surface area contributed by atoms with E-state index in [1.54, 1.807) is 0 Å². The molecule has 0 spiro atoms. The fourth-order valence-corrected chi connectivity index (χ4v) is 6.85. The number of unbranched alkanes of at least 4 members (excludes halogenated alkanes) is 15. The summed E-state index contributed by atoms with van der Waals surface area (Å²) in [4.78, 5) is 0. The SMILES string of the molecule is CCCCCCCCCCCCCCC(n1cc[n+](CCCCCCC)c1)C(C)(Cc1ccccc1)c1ccccc1. The third-order valence-corrected chi connectivity index (χ3v) is 9.51. The third kappa shape index (κ3) is 12.1. The van der Waals surface area contributed by atoms with Crippen LogP contribution in [0.3, 0.4) is 0 Å². The van der Waals surface area contributed by atoms with Gasteiger partial charge in [0.1, 0.15) is 18.4 Å². The van der Waals surface area contributed by atoms with Crippen LogP contribution < -0.4 is 4.57 Å². The number of imidazole rings is 1. The van der Waals surface area contributed by atoms with Gasteiger partial charge in [0, 0.05) is 5.41 Å². The van der Waals surface area contributed by atoms with E-state index in [0.29, 0.717) is 6.04 Å². The van der Waals surface area contributed by atoms with Crippen molar-refractivity contribution in [1.82, 2.24) is 4.57 Å². The molecule has 2 aromatic carbocycles. The van der Waals surface area contributed by atoms with Crippen molar-refractivity contribution in [3.8, 4) is 0 Å². The minimum Gasteiger partial charge on any atom is -0.237 e. The molecule has 2 heteroatoms. The van der Waals surface area contributed by atoms with Gasteiger partial charge in [-0.05, 0) is 43.2 Å². The molecule has 0 aliphatic heterocycles. The van der Waals surface area contributed by atoms with Gasteiger partial charge in [0.2, 0.25) is 6.33 Å². The zero-order valence-electron chi connectivity index (χ0n) is 27.6. The van der Waals surface area contributed by atoms with Crippen molar-refractivity contribution in [3.05, 3.63) is 90.5 Å². The molecule has 2 nitrogen and oxygen atoms in total. The number of hydrogen-bond donors (Lipinski definition) is 0. The maximum Gasteiger partial charge on any atom is 0.244 e. The van der Waals surface area contributed by atoms with Crippen LogP contribution in [0.1, 0.15) is 154 Å². The largest absolute Gasteiger partial charge is 0.244 e. The topological polar surface area (TPSA) is 8.81 Å². The van der Waals surface area contributed by atoms with E-state index in [1.807, 2.05) is 0 Å². The molecule has 3 aromatic rings. The Morgan fingerprint density at radius 2 is 1.12 bits per heavy atom. The normalized spacial score (nSPS) is 13.7. The van der Waals surface area contributed by atoms with Gasteiger partial charge >= 0.3 is 0 Å². The van der Waals surface area contributed by atoms with Gasteiger partial charge in [-0.3, -0.25) is 0 Å². The van der Waals surface area contributed by atoms with Gasteiger partial charge in [0.25, 0.3) is 0 Å². The van der Waals surface area contributed by atoms with Gasteiger partial charge in [0.15, 0.2) is 0 Å². The maximum atomic E-state index is 2.57. The van der Waals surface area contributed by atoms with Gasteiger partial charge in [0.05, 0.1) is 6.54 Å². The van der Waals surface area contributed by atoms with Crippen LogP contribution in [0.15, 0.2) is 79.4 Å². The molecule has 2 unspecified atom stereocenters. The Labute approximate surface area is 260 Å². The van der Waals surface area contributed by atoms with Gasteiger partial charge in [-0.1, -0.05) is 171 Å². The van der Waals surface area contributed by atoms with Gasteiger partial charge < -0.3 is 0 Å². The van der Waals surface area contributed by atoms with Crippen LogP contribution in [0.4, 0.5) is 0 Å². The van der Waals surface area contributed by atoms with E-state index in [-0.39, 0.29) is 5.41 Å². The molecule has 0 fully saturated rings. The van der Waals surface area contributed by atoms with Gasteiger partial charge in [-0.15, -0.1) is 0 Å². The monoisotopic (exact) mass is 571 g/mol. The number of hydrogen-bond acceptors (Lipinski definition) is 0. The summed E-state index contributed by atoms with van der Waals surface area (Å²) in [5.41, 5.74) is 2.90. The van der Waals surface area contributed by atoms with Crippen molar-refractivity contribution in [3.63, 3.8) is 0 Å². The van der Waals surface area contributed by atoms with Crippen LogP contribution >= 0.6 is 0 Å². The molecule has 0 aliphatic carbocycles. The van der Waals surface area contributed by atoms with E-state index in [0.717, 1.165) is 13.0 Å². The highest BCUT2D eigenvalue weighted by molar-refractivity contribution is 5.30. The van der Waals surface area contributed by atoms with Gasteiger partial charge in [-0.25, -0.2) is 9.13 Å². The molecule has 0 saturated carbocycles. The quantitative estimate of drug-likeness (QED) is 0.0747. The fraction of sp³-hybridized carbons (Fsp3) is 0.625. The third-order valence-electron chi connectivity index (χ3n) is 9.51. The Morgan fingerprint density at radius 1 is 0.619 bits per heavy atom. The van der Waals surface area contributed by atoms with E-state index in [1.165, 1.54) is 127 Å². The molecule has 0 radical (unpaired) electrons. The zero-order chi connectivity index (χ0) is 29.7. The van der Waals surface area contributed by atoms with Crippen molar-refractivity contribution in [2.24, 2.45) is 0 Å². The van der Waals surface area contributed by atoms with E-state index in [9.17, 15) is 0 Å². The summed E-state index contributed by atoms with van der Waals surface area (Å²) in [5.74, 6) is 0. The van der Waals surface area contributed by atoms with E-state index in [4.69, 9.17) is 0 Å². The molecule has 2 atom stereocenters. The summed E-state index contributed by atoms with van der Waals surface area (Å²) in [5, 5.41) is 0. The lowest BCUT2D eigenvalue weighted by Crippen LogP contribution is -2.38. The predicted octanol–water partition coefficient (Wildman–Crippen LogP) is 11.6. The second kappa shape index (κ2) is 20.5. The number of aromatic nitrogens is 2. The smallest absolute Gasteiger partial charge is 0.237 e. The molecule has 232 valence electrons. The molecule has 1 heterocycles. The number of aryl methyl sites for hydroxylation is 1. The first-order valence-corrected chi connectivity index (χ1v) is 17.8. The van der Waals surface area contributed by atoms with E-state index < -0.39 is 0 Å². The summed E-state index contributed by atoms with van der Waals surface area (Å²) < 4.78 is 5.01. The Hall–Kier alpha value is -2.35. The van der Waals surface area contributed by atoms with E-state index >= 15 is 0 Å². The first-order valence-electron chi connectivity index (χ1n) is 17.8. The minimum absolute atomic E-state index is 0.0123. The predicted molar refractivity (Wildman–Crippen MR) is 182 cm³/mol. The van der Waals surface area contributed by atoms with Crippen molar-refractivity contribution in [2.75, 3.05) is 0 Å². The van der Waals surface area contributed by atoms with Crippen LogP contribution in [0.5, 0.6) is 0 Å². The van der Waals surface area contributed by atoms with Crippen molar-refractivity contribution < 1.29 is 4.57 Å². The lowest BCUT2D eigenvalue weighted by Gasteiger charge is -2.37. The molecule has 0 N–H and O–H groups in total. The van der Waals surface area contributed by atoms with Crippen molar-refractivity contribution >= 4 is 0 Å². The molecular formula is C40H63N2+. The van der Waals surface area contributed by atoms with Crippen LogP contribution in [0.2, 0.25) is 0 Å². The van der Waals surface area contributed by atoms with Crippen LogP contribution in [0, 0.1) is 0 Å². The van der Waals surface area contributed by atoms with E-state index in [2.05, 4.69) is 109 Å². The van der Waals surface area contributed by atoms with Crippen LogP contribution in [-0.4, -0.2) is 4.57 Å². The number of rotatable bonds is 24. The Balaban J connectivity index is 1.65. The Bertz CT molecular complexity index is 1040. The molecule has 0 aliphatic rings. The molecule has 1 aromatic heterocycles. The number of benzene rings is 2. The summed E-state index contributed by atoms with van der Waals surface area (Å²) in [6.07, 6.45) is 32.8. The molecular weight excluding hydrogens is 508 g/mol. The highest BCUT2D eigenvalue weighted by Crippen LogP contribution is 2.41. The second-order valence-corrected chi connectivity index (χ2v) is 13.2. The fourth-order valence-electron chi connectivity index (χ4n) is 6.85. The summed E-state index contributed by atoms with van der Waals surface area (Å²) in [6, 6.07) is 22.9. The average molecular weight is 572 g/mol. The standard InChI is InChI=1S/C40H63N2/c1-4-6-8-10-11-12-13-14-15-16-17-25-31-39(42-34-33-41(36-42)32-26-18-9-7-5-2)40(3,38-29-23-20-24-30-38)35-37-27-21-19-22-28-37/h19-24,27-30,33-34,36,39H,4-18,25-26,31-32,35H2,1-3H3/q+1. The second-order valence-electron chi connectivity index (χ2n) is 13.2. The molecule has 0 saturated heterocycles.